The molecule has 1 N–H and O–H groups in total. The summed E-state index contributed by atoms with van der Waals surface area (Å²) in [6.45, 7) is 1.93. The van der Waals surface area contributed by atoms with Gasteiger partial charge in [0.2, 0.25) is 0 Å². The summed E-state index contributed by atoms with van der Waals surface area (Å²) >= 11 is 3.47. The van der Waals surface area contributed by atoms with Gasteiger partial charge in [-0.15, -0.1) is 0 Å². The van der Waals surface area contributed by atoms with Crippen LogP contribution in [0.3, 0.4) is 0 Å². The molecule has 0 aliphatic carbocycles. The maximum atomic E-state index is 12.1. The second kappa shape index (κ2) is 6.36. The van der Waals surface area contributed by atoms with E-state index in [1.807, 2.05) is 37.3 Å². The number of nitrogens with one attached hydrogen (secondary N) is 1. The highest BCUT2D eigenvalue weighted by molar-refractivity contribution is 9.10. The number of hydrogen-bond acceptors (Lipinski definition) is 2. The van der Waals surface area contributed by atoms with Crippen LogP contribution in [0, 0.1) is 11.3 Å². The fraction of sp³-hybridized carbons (Fsp3) is 0.125. The van der Waals surface area contributed by atoms with Crippen LogP contribution >= 0.6 is 15.9 Å². The van der Waals surface area contributed by atoms with Gasteiger partial charge in [0, 0.05) is 10.0 Å². The zero-order valence-electron chi connectivity index (χ0n) is 10.9. The maximum Gasteiger partial charge on any atom is 0.251 e. The molecule has 0 aliphatic heterocycles. The molecule has 3 nitrogen and oxygen atoms in total. The molecule has 0 bridgehead atoms. The van der Waals surface area contributed by atoms with Crippen LogP contribution < -0.4 is 5.32 Å². The lowest BCUT2D eigenvalue weighted by Gasteiger charge is -2.15. The first kappa shape index (κ1) is 14.3. The van der Waals surface area contributed by atoms with Crippen LogP contribution in [0.15, 0.2) is 53.0 Å². The fourth-order valence-electron chi connectivity index (χ4n) is 1.88. The second-order valence-corrected chi connectivity index (χ2v) is 5.26. The van der Waals surface area contributed by atoms with E-state index in [-0.39, 0.29) is 11.9 Å². The lowest BCUT2D eigenvalue weighted by Crippen LogP contribution is -2.26. The van der Waals surface area contributed by atoms with Gasteiger partial charge in [0.1, 0.15) is 0 Å². The Labute approximate surface area is 126 Å². The number of nitrogens with zero attached hydrogens (tertiary/aromatic N) is 1. The summed E-state index contributed by atoms with van der Waals surface area (Å²) in [7, 11) is 0. The van der Waals surface area contributed by atoms with E-state index < -0.39 is 0 Å². The zero-order chi connectivity index (χ0) is 14.5. The summed E-state index contributed by atoms with van der Waals surface area (Å²) in [6.07, 6.45) is 0. The summed E-state index contributed by atoms with van der Waals surface area (Å²) in [5.41, 5.74) is 2.11. The van der Waals surface area contributed by atoms with Crippen molar-refractivity contribution >= 4 is 21.8 Å². The summed E-state index contributed by atoms with van der Waals surface area (Å²) in [6, 6.07) is 16.3. The molecule has 0 radical (unpaired) electrons. The topological polar surface area (TPSA) is 52.9 Å². The normalized spacial score (nSPS) is 11.4. The van der Waals surface area contributed by atoms with E-state index >= 15 is 0 Å². The Hall–Kier alpha value is -2.12. The van der Waals surface area contributed by atoms with Crippen LogP contribution in [0.5, 0.6) is 0 Å². The summed E-state index contributed by atoms with van der Waals surface area (Å²) in [5.74, 6) is -0.155. The van der Waals surface area contributed by atoms with Gasteiger partial charge in [-0.1, -0.05) is 34.1 Å². The van der Waals surface area contributed by atoms with Gasteiger partial charge in [-0.05, 0) is 42.8 Å². The second-order valence-electron chi connectivity index (χ2n) is 4.41. The largest absolute Gasteiger partial charge is 0.345 e. The molecule has 0 aliphatic rings. The van der Waals surface area contributed by atoms with Crippen molar-refractivity contribution in [3.8, 4) is 6.07 Å². The van der Waals surface area contributed by atoms with E-state index in [2.05, 4.69) is 21.2 Å². The van der Waals surface area contributed by atoms with Gasteiger partial charge in [-0.25, -0.2) is 0 Å². The van der Waals surface area contributed by atoms with Gasteiger partial charge in [-0.3, -0.25) is 4.79 Å². The van der Waals surface area contributed by atoms with Crippen molar-refractivity contribution in [2.24, 2.45) is 0 Å². The molecule has 2 rings (SSSR count). The summed E-state index contributed by atoms with van der Waals surface area (Å²) in [4.78, 5) is 12.1. The molecule has 2 aromatic carbocycles. The average molecular weight is 329 g/mol. The van der Waals surface area contributed by atoms with Crippen molar-refractivity contribution in [2.75, 3.05) is 0 Å². The average Bonchev–Trinajstić information content (AvgIpc) is 2.47. The molecule has 0 unspecified atom stereocenters. The van der Waals surface area contributed by atoms with E-state index in [0.717, 1.165) is 10.0 Å². The number of benzene rings is 2. The molecule has 4 heteroatoms. The van der Waals surface area contributed by atoms with E-state index in [0.29, 0.717) is 11.1 Å². The van der Waals surface area contributed by atoms with Gasteiger partial charge < -0.3 is 5.32 Å². The molecule has 0 fully saturated rings. The summed E-state index contributed by atoms with van der Waals surface area (Å²) < 4.78 is 0.965. The maximum absolute atomic E-state index is 12.1. The highest BCUT2D eigenvalue weighted by Crippen LogP contribution is 2.23. The molecule has 1 atom stereocenters. The van der Waals surface area contributed by atoms with E-state index in [1.54, 1.807) is 24.3 Å². The predicted molar refractivity (Wildman–Crippen MR) is 81.2 cm³/mol. The number of carbonyl (C=O) groups excluding carboxylic acids is 1. The first-order chi connectivity index (χ1) is 9.61. The Morgan fingerprint density at radius 2 is 1.85 bits per heavy atom. The lowest BCUT2D eigenvalue weighted by atomic mass is 10.1. The third kappa shape index (κ3) is 3.25. The number of rotatable bonds is 3. The molecule has 0 saturated carbocycles. The van der Waals surface area contributed by atoms with Gasteiger partial charge >= 0.3 is 0 Å². The van der Waals surface area contributed by atoms with Crippen molar-refractivity contribution in [1.29, 1.82) is 5.26 Å². The fourth-order valence-corrected chi connectivity index (χ4v) is 2.51. The number of hydrogen-bond donors (Lipinski definition) is 1. The van der Waals surface area contributed by atoms with Crippen LogP contribution in [0.2, 0.25) is 0 Å². The monoisotopic (exact) mass is 328 g/mol. The molecule has 0 saturated heterocycles. The molecule has 0 spiro atoms. The highest BCUT2D eigenvalue weighted by atomic mass is 79.9. The molecule has 100 valence electrons. The predicted octanol–water partition coefficient (Wildman–Crippen LogP) is 3.81. The zero-order valence-corrected chi connectivity index (χ0v) is 12.5. The number of amides is 1. The highest BCUT2D eigenvalue weighted by Gasteiger charge is 2.13. The first-order valence-electron chi connectivity index (χ1n) is 6.17. The molecule has 0 aromatic heterocycles. The molecule has 2 aromatic rings. The van der Waals surface area contributed by atoms with Crippen molar-refractivity contribution in [3.63, 3.8) is 0 Å². The Morgan fingerprint density at radius 3 is 2.45 bits per heavy atom. The SMILES string of the molecule is C[C@@H](NC(=O)c1ccc(C#N)cc1)c1ccccc1Br. The standard InChI is InChI=1S/C16H13BrN2O/c1-11(14-4-2-3-5-15(14)17)19-16(20)13-8-6-12(10-18)7-9-13/h2-9,11H,1H3,(H,19,20)/t11-/m1/s1. The minimum absolute atomic E-state index is 0.103. The Morgan fingerprint density at radius 1 is 1.20 bits per heavy atom. The van der Waals surface area contributed by atoms with E-state index in [4.69, 9.17) is 5.26 Å². The van der Waals surface area contributed by atoms with Crippen molar-refractivity contribution in [2.45, 2.75) is 13.0 Å². The molecule has 0 heterocycles. The smallest absolute Gasteiger partial charge is 0.251 e. The molecular formula is C16H13BrN2O. The quantitative estimate of drug-likeness (QED) is 0.931. The summed E-state index contributed by atoms with van der Waals surface area (Å²) in [5, 5.41) is 11.7. The lowest BCUT2D eigenvalue weighted by molar-refractivity contribution is 0.0940. The van der Waals surface area contributed by atoms with Crippen LogP contribution in [-0.2, 0) is 0 Å². The minimum Gasteiger partial charge on any atom is -0.345 e. The molecular weight excluding hydrogens is 316 g/mol. The molecule has 1 amide bonds. The number of halogens is 1. The van der Waals surface area contributed by atoms with Gasteiger partial charge in [0.05, 0.1) is 17.7 Å². The van der Waals surface area contributed by atoms with Crippen LogP contribution in [0.1, 0.15) is 34.5 Å². The third-order valence-corrected chi connectivity index (χ3v) is 3.72. The van der Waals surface area contributed by atoms with Gasteiger partial charge in [0.15, 0.2) is 0 Å². The van der Waals surface area contributed by atoms with Crippen molar-refractivity contribution in [3.05, 3.63) is 69.7 Å². The van der Waals surface area contributed by atoms with Gasteiger partial charge in [-0.2, -0.15) is 5.26 Å². The van der Waals surface area contributed by atoms with Crippen LogP contribution in [-0.4, -0.2) is 5.91 Å². The van der Waals surface area contributed by atoms with E-state index in [9.17, 15) is 4.79 Å². The number of carbonyl (C=O) groups is 1. The van der Waals surface area contributed by atoms with E-state index in [1.165, 1.54) is 0 Å². The van der Waals surface area contributed by atoms with Crippen LogP contribution in [0.25, 0.3) is 0 Å². The van der Waals surface area contributed by atoms with Crippen molar-refractivity contribution < 1.29 is 4.79 Å². The Balaban J connectivity index is 2.11. The van der Waals surface area contributed by atoms with Gasteiger partial charge in [0.25, 0.3) is 5.91 Å². The molecule has 20 heavy (non-hydrogen) atoms. The number of nitriles is 1. The van der Waals surface area contributed by atoms with Crippen molar-refractivity contribution in [1.82, 2.24) is 5.32 Å². The Kier molecular flexibility index (Phi) is 4.54. The third-order valence-electron chi connectivity index (χ3n) is 3.00. The van der Waals surface area contributed by atoms with Crippen LogP contribution in [0.4, 0.5) is 0 Å². The minimum atomic E-state index is -0.155. The first-order valence-corrected chi connectivity index (χ1v) is 6.96. The Bertz CT molecular complexity index is 659.